The average molecular weight is 349 g/mol. The molecule has 132 valence electrons. The molecule has 3 aromatic heterocycles. The van der Waals surface area contributed by atoms with Gasteiger partial charge in [0.25, 0.3) is 5.91 Å². The molecule has 3 aromatic rings. The topological polar surface area (TPSA) is 80.0 Å². The van der Waals surface area contributed by atoms with E-state index in [2.05, 4.69) is 24.8 Å². The van der Waals surface area contributed by atoms with E-state index in [1.165, 1.54) is 0 Å². The minimum absolute atomic E-state index is 0.0458. The summed E-state index contributed by atoms with van der Waals surface area (Å²) in [5, 5.41) is 0. The molecule has 0 aliphatic carbocycles. The maximum atomic E-state index is 12.5. The molecule has 1 aliphatic rings. The quantitative estimate of drug-likeness (QED) is 0.710. The van der Waals surface area contributed by atoms with Crippen molar-refractivity contribution in [2.45, 2.75) is 6.92 Å². The number of hydrogen-bond donors (Lipinski definition) is 0. The van der Waals surface area contributed by atoms with Gasteiger partial charge in [-0.3, -0.25) is 14.3 Å². The summed E-state index contributed by atoms with van der Waals surface area (Å²) < 4.78 is 1.92. The highest BCUT2D eigenvalue weighted by molar-refractivity contribution is 5.94. The van der Waals surface area contributed by atoms with E-state index in [4.69, 9.17) is 0 Å². The average Bonchev–Trinajstić information content (AvgIpc) is 3.14. The third kappa shape index (κ3) is 3.13. The fraction of sp³-hybridized carbons (Fsp3) is 0.278. The van der Waals surface area contributed by atoms with Crippen LogP contribution < -0.4 is 4.90 Å². The molecule has 0 bridgehead atoms. The number of pyridine rings is 1. The highest BCUT2D eigenvalue weighted by atomic mass is 16.2. The lowest BCUT2D eigenvalue weighted by Crippen LogP contribution is -2.49. The van der Waals surface area contributed by atoms with Crippen LogP contribution in [0.5, 0.6) is 0 Å². The molecule has 1 amide bonds. The van der Waals surface area contributed by atoms with Crippen molar-refractivity contribution in [2.75, 3.05) is 31.1 Å². The Bertz CT molecular complexity index is 901. The van der Waals surface area contributed by atoms with Crippen molar-refractivity contribution in [3.05, 3.63) is 60.7 Å². The Balaban J connectivity index is 1.45. The number of imidazole rings is 1. The number of nitrogens with zero attached hydrogens (tertiary/aromatic N) is 7. The molecule has 0 unspecified atom stereocenters. The lowest BCUT2D eigenvalue weighted by molar-refractivity contribution is 0.0746. The molecule has 0 N–H and O–H groups in total. The number of aryl methyl sites for hydroxylation is 1. The highest BCUT2D eigenvalue weighted by Gasteiger charge is 2.23. The van der Waals surface area contributed by atoms with Gasteiger partial charge in [0.15, 0.2) is 0 Å². The minimum Gasteiger partial charge on any atom is -0.353 e. The molecule has 0 saturated carbocycles. The van der Waals surface area contributed by atoms with Crippen molar-refractivity contribution in [1.29, 1.82) is 0 Å². The van der Waals surface area contributed by atoms with Crippen molar-refractivity contribution < 1.29 is 4.79 Å². The molecule has 0 atom stereocenters. The molecule has 8 heteroatoms. The van der Waals surface area contributed by atoms with Crippen LogP contribution in [0.4, 0.5) is 5.82 Å². The van der Waals surface area contributed by atoms with E-state index in [0.29, 0.717) is 18.7 Å². The molecule has 26 heavy (non-hydrogen) atoms. The van der Waals surface area contributed by atoms with Crippen molar-refractivity contribution >= 4 is 11.7 Å². The van der Waals surface area contributed by atoms with E-state index in [1.54, 1.807) is 37.1 Å². The van der Waals surface area contributed by atoms with Crippen LogP contribution in [0.2, 0.25) is 0 Å². The Hall–Kier alpha value is -3.29. The zero-order valence-electron chi connectivity index (χ0n) is 14.5. The molecular weight excluding hydrogens is 330 g/mol. The van der Waals surface area contributed by atoms with E-state index in [-0.39, 0.29) is 5.91 Å². The first-order valence-corrected chi connectivity index (χ1v) is 8.49. The van der Waals surface area contributed by atoms with Crippen LogP contribution in [0.15, 0.2) is 49.3 Å². The van der Waals surface area contributed by atoms with Crippen LogP contribution in [0, 0.1) is 6.92 Å². The third-order valence-corrected chi connectivity index (χ3v) is 4.53. The molecule has 1 aliphatic heterocycles. The van der Waals surface area contributed by atoms with E-state index in [1.807, 2.05) is 28.7 Å². The van der Waals surface area contributed by atoms with Crippen LogP contribution in [0.3, 0.4) is 0 Å². The second-order valence-corrected chi connectivity index (χ2v) is 6.09. The van der Waals surface area contributed by atoms with Crippen LogP contribution in [0.1, 0.15) is 16.2 Å². The normalized spacial score (nSPS) is 14.5. The molecule has 4 heterocycles. The van der Waals surface area contributed by atoms with Crippen LogP contribution >= 0.6 is 0 Å². The summed E-state index contributed by atoms with van der Waals surface area (Å²) in [5.41, 5.74) is 0.674. The maximum absolute atomic E-state index is 12.5. The minimum atomic E-state index is 0.0458. The predicted octanol–water partition coefficient (Wildman–Crippen LogP) is 1.33. The van der Waals surface area contributed by atoms with Gasteiger partial charge in [-0.25, -0.2) is 15.0 Å². The van der Waals surface area contributed by atoms with Gasteiger partial charge in [-0.05, 0) is 19.1 Å². The number of rotatable bonds is 3. The third-order valence-electron chi connectivity index (χ3n) is 4.53. The van der Waals surface area contributed by atoms with Gasteiger partial charge in [-0.2, -0.15) is 0 Å². The molecular formula is C18H19N7O. The number of amides is 1. The summed E-state index contributed by atoms with van der Waals surface area (Å²) in [7, 11) is 0. The van der Waals surface area contributed by atoms with E-state index in [0.717, 1.165) is 30.5 Å². The first kappa shape index (κ1) is 16.2. The molecule has 0 spiro atoms. The monoisotopic (exact) mass is 349 g/mol. The first-order chi connectivity index (χ1) is 12.7. The van der Waals surface area contributed by atoms with Crippen LogP contribution in [0.25, 0.3) is 5.82 Å². The number of anilines is 1. The van der Waals surface area contributed by atoms with Crippen molar-refractivity contribution in [3.8, 4) is 5.82 Å². The Kier molecular flexibility index (Phi) is 4.30. The highest BCUT2D eigenvalue weighted by Crippen LogP contribution is 2.17. The second kappa shape index (κ2) is 6.91. The van der Waals surface area contributed by atoms with Crippen LogP contribution in [-0.2, 0) is 0 Å². The zero-order chi connectivity index (χ0) is 17.9. The Morgan fingerprint density at radius 2 is 1.69 bits per heavy atom. The summed E-state index contributed by atoms with van der Waals surface area (Å²) in [6.07, 6.45) is 8.49. The van der Waals surface area contributed by atoms with E-state index >= 15 is 0 Å². The van der Waals surface area contributed by atoms with Gasteiger partial charge in [0.05, 0.1) is 0 Å². The van der Waals surface area contributed by atoms with E-state index in [9.17, 15) is 4.79 Å². The maximum Gasteiger partial charge on any atom is 0.254 e. The molecule has 1 fully saturated rings. The molecule has 0 aromatic carbocycles. The van der Waals surface area contributed by atoms with Gasteiger partial charge >= 0.3 is 0 Å². The molecule has 0 radical (unpaired) electrons. The van der Waals surface area contributed by atoms with Crippen molar-refractivity contribution in [2.24, 2.45) is 0 Å². The lowest BCUT2D eigenvalue weighted by Gasteiger charge is -2.35. The smallest absolute Gasteiger partial charge is 0.254 e. The summed E-state index contributed by atoms with van der Waals surface area (Å²) in [5.74, 6) is 2.58. The Labute approximate surface area is 151 Å². The summed E-state index contributed by atoms with van der Waals surface area (Å²) >= 11 is 0. The molecule has 1 saturated heterocycles. The van der Waals surface area contributed by atoms with E-state index < -0.39 is 0 Å². The van der Waals surface area contributed by atoms with Crippen molar-refractivity contribution in [1.82, 2.24) is 29.4 Å². The predicted molar refractivity (Wildman–Crippen MR) is 96.2 cm³/mol. The number of carbonyl (C=O) groups excluding carboxylic acids is 1. The lowest BCUT2D eigenvalue weighted by atomic mass is 10.2. The largest absolute Gasteiger partial charge is 0.353 e. The fourth-order valence-corrected chi connectivity index (χ4v) is 3.08. The number of carbonyl (C=O) groups is 1. The Morgan fingerprint density at radius 3 is 2.38 bits per heavy atom. The van der Waals surface area contributed by atoms with Crippen LogP contribution in [-0.4, -0.2) is 61.5 Å². The SMILES string of the molecule is Cc1nccn1-c1cc(N2CCN(C(=O)c3ccncc3)CC2)ncn1. The number of hydrogen-bond acceptors (Lipinski definition) is 6. The molecule has 4 rings (SSSR count). The molecule has 8 nitrogen and oxygen atoms in total. The van der Waals surface area contributed by atoms with Gasteiger partial charge in [0.1, 0.15) is 23.8 Å². The number of aromatic nitrogens is 5. The zero-order valence-corrected chi connectivity index (χ0v) is 14.5. The summed E-state index contributed by atoms with van der Waals surface area (Å²) in [6.45, 7) is 4.72. The van der Waals surface area contributed by atoms with Gasteiger partial charge in [0, 0.05) is 62.6 Å². The van der Waals surface area contributed by atoms with Crippen molar-refractivity contribution in [3.63, 3.8) is 0 Å². The van der Waals surface area contributed by atoms with Gasteiger partial charge < -0.3 is 9.80 Å². The Morgan fingerprint density at radius 1 is 0.962 bits per heavy atom. The van der Waals surface area contributed by atoms with Gasteiger partial charge in [0.2, 0.25) is 0 Å². The fourth-order valence-electron chi connectivity index (χ4n) is 3.08. The van der Waals surface area contributed by atoms with Gasteiger partial charge in [-0.1, -0.05) is 0 Å². The summed E-state index contributed by atoms with van der Waals surface area (Å²) in [6, 6.07) is 5.45. The summed E-state index contributed by atoms with van der Waals surface area (Å²) in [4.78, 5) is 33.5. The number of piperazine rings is 1. The van der Waals surface area contributed by atoms with Gasteiger partial charge in [-0.15, -0.1) is 0 Å². The standard InChI is InChI=1S/C18H19N7O/c1-14-20-6-7-25(14)17-12-16(21-13-22-17)23-8-10-24(11-9-23)18(26)15-2-4-19-5-3-15/h2-7,12-13H,8-11H2,1H3. The second-order valence-electron chi connectivity index (χ2n) is 6.09. The first-order valence-electron chi connectivity index (χ1n) is 8.49.